The van der Waals surface area contributed by atoms with E-state index in [-0.39, 0.29) is 17.7 Å². The van der Waals surface area contributed by atoms with E-state index < -0.39 is 11.5 Å². The number of carboxylic acids is 1. The number of carbonyl (C=O) groups excluding carboxylic acids is 2. The van der Waals surface area contributed by atoms with E-state index >= 15 is 0 Å². The van der Waals surface area contributed by atoms with Gasteiger partial charge in [0.05, 0.1) is 5.92 Å². The molecule has 6 heteroatoms. The number of amides is 2. The van der Waals surface area contributed by atoms with E-state index in [0.29, 0.717) is 32.4 Å². The highest BCUT2D eigenvalue weighted by molar-refractivity contribution is 5.88. The average Bonchev–Trinajstić information content (AvgIpc) is 2.44. The van der Waals surface area contributed by atoms with Gasteiger partial charge in [0.25, 0.3) is 0 Å². The molecule has 1 aliphatic heterocycles. The summed E-state index contributed by atoms with van der Waals surface area (Å²) in [5.41, 5.74) is -1.20. The number of carboxylic acid groups (broad SMARTS) is 1. The second-order valence-electron chi connectivity index (χ2n) is 5.39. The molecule has 114 valence electrons. The SMILES string of the molecule is CCC(CC)(NC(=O)C1CCCN(C(C)=O)C1)C(=O)O. The first-order valence-corrected chi connectivity index (χ1v) is 7.17. The molecule has 1 rings (SSSR count). The predicted molar refractivity (Wildman–Crippen MR) is 74.1 cm³/mol. The van der Waals surface area contributed by atoms with E-state index in [1.807, 2.05) is 0 Å². The summed E-state index contributed by atoms with van der Waals surface area (Å²) in [6, 6.07) is 0. The zero-order valence-corrected chi connectivity index (χ0v) is 12.4. The molecule has 0 aromatic heterocycles. The molecule has 1 fully saturated rings. The smallest absolute Gasteiger partial charge is 0.329 e. The summed E-state index contributed by atoms with van der Waals surface area (Å²) in [5.74, 6) is -1.63. The van der Waals surface area contributed by atoms with Crippen LogP contribution in [0.5, 0.6) is 0 Å². The highest BCUT2D eigenvalue weighted by Gasteiger charge is 2.38. The maximum atomic E-state index is 12.3. The van der Waals surface area contributed by atoms with Gasteiger partial charge in [0.15, 0.2) is 0 Å². The zero-order valence-electron chi connectivity index (χ0n) is 12.4. The summed E-state index contributed by atoms with van der Waals surface area (Å²) >= 11 is 0. The first kappa shape index (κ1) is 16.5. The molecular formula is C14H24N2O4. The maximum Gasteiger partial charge on any atom is 0.329 e. The Morgan fingerprint density at radius 1 is 1.30 bits per heavy atom. The number of aliphatic carboxylic acids is 1. The van der Waals surface area contributed by atoms with Crippen LogP contribution in [0.2, 0.25) is 0 Å². The molecule has 0 saturated carbocycles. The van der Waals surface area contributed by atoms with Gasteiger partial charge in [0, 0.05) is 20.0 Å². The molecule has 0 radical (unpaired) electrons. The van der Waals surface area contributed by atoms with Crippen LogP contribution in [-0.2, 0) is 14.4 Å². The summed E-state index contributed by atoms with van der Waals surface area (Å²) in [4.78, 5) is 36.7. The van der Waals surface area contributed by atoms with Crippen LogP contribution >= 0.6 is 0 Å². The van der Waals surface area contributed by atoms with Gasteiger partial charge in [-0.05, 0) is 25.7 Å². The van der Waals surface area contributed by atoms with Gasteiger partial charge in [0.1, 0.15) is 5.54 Å². The topological polar surface area (TPSA) is 86.7 Å². The van der Waals surface area contributed by atoms with Crippen molar-refractivity contribution in [2.24, 2.45) is 5.92 Å². The summed E-state index contributed by atoms with van der Waals surface area (Å²) in [6.45, 7) is 6.04. The van der Waals surface area contributed by atoms with Crippen LogP contribution in [0.3, 0.4) is 0 Å². The molecule has 0 aromatic carbocycles. The van der Waals surface area contributed by atoms with Gasteiger partial charge in [-0.25, -0.2) is 4.79 Å². The number of rotatable bonds is 5. The van der Waals surface area contributed by atoms with E-state index in [9.17, 15) is 19.5 Å². The lowest BCUT2D eigenvalue weighted by atomic mass is 9.90. The maximum absolute atomic E-state index is 12.3. The number of piperidine rings is 1. The zero-order chi connectivity index (χ0) is 15.3. The normalized spacial score (nSPS) is 19.6. The van der Waals surface area contributed by atoms with Crippen molar-refractivity contribution in [1.82, 2.24) is 10.2 Å². The number of nitrogens with zero attached hydrogens (tertiary/aromatic N) is 1. The van der Waals surface area contributed by atoms with Crippen molar-refractivity contribution in [1.29, 1.82) is 0 Å². The molecule has 0 bridgehead atoms. The van der Waals surface area contributed by atoms with Gasteiger partial charge in [-0.15, -0.1) is 0 Å². The Balaban J connectivity index is 2.74. The van der Waals surface area contributed by atoms with Crippen LogP contribution in [0.25, 0.3) is 0 Å². The Labute approximate surface area is 119 Å². The minimum Gasteiger partial charge on any atom is -0.480 e. The Hall–Kier alpha value is -1.59. The summed E-state index contributed by atoms with van der Waals surface area (Å²) in [6.07, 6.45) is 2.15. The molecule has 6 nitrogen and oxygen atoms in total. The fraction of sp³-hybridized carbons (Fsp3) is 0.786. The van der Waals surface area contributed by atoms with Gasteiger partial charge in [-0.1, -0.05) is 13.8 Å². The highest BCUT2D eigenvalue weighted by Crippen LogP contribution is 2.21. The number of hydrogen-bond acceptors (Lipinski definition) is 3. The molecule has 1 aliphatic rings. The van der Waals surface area contributed by atoms with Crippen molar-refractivity contribution in [2.45, 2.75) is 52.0 Å². The molecule has 0 spiro atoms. The second-order valence-corrected chi connectivity index (χ2v) is 5.39. The molecule has 1 heterocycles. The fourth-order valence-electron chi connectivity index (χ4n) is 2.60. The molecule has 1 saturated heterocycles. The molecule has 0 aliphatic carbocycles. The lowest BCUT2D eigenvalue weighted by Gasteiger charge is -2.34. The second kappa shape index (κ2) is 6.72. The third-order valence-electron chi connectivity index (χ3n) is 4.22. The van der Waals surface area contributed by atoms with Crippen molar-refractivity contribution >= 4 is 17.8 Å². The molecule has 2 amide bonds. The minimum absolute atomic E-state index is 0.0435. The Bertz CT molecular complexity index is 391. The van der Waals surface area contributed by atoms with Gasteiger partial charge < -0.3 is 15.3 Å². The van der Waals surface area contributed by atoms with E-state index in [2.05, 4.69) is 5.32 Å². The van der Waals surface area contributed by atoms with Crippen LogP contribution in [0.4, 0.5) is 0 Å². The van der Waals surface area contributed by atoms with Crippen LogP contribution in [0.15, 0.2) is 0 Å². The molecular weight excluding hydrogens is 260 g/mol. The molecule has 0 aromatic rings. The molecule has 1 atom stereocenters. The van der Waals surface area contributed by atoms with E-state index in [0.717, 1.165) is 6.42 Å². The van der Waals surface area contributed by atoms with Gasteiger partial charge in [-0.2, -0.15) is 0 Å². The van der Waals surface area contributed by atoms with Crippen LogP contribution in [0, 0.1) is 5.92 Å². The summed E-state index contributed by atoms with van der Waals surface area (Å²) in [5, 5.41) is 12.0. The molecule has 20 heavy (non-hydrogen) atoms. The van der Waals surface area contributed by atoms with Gasteiger partial charge >= 0.3 is 5.97 Å². The number of likely N-dealkylation sites (tertiary alicyclic amines) is 1. The predicted octanol–water partition coefficient (Wildman–Crippen LogP) is 1.00. The van der Waals surface area contributed by atoms with Crippen molar-refractivity contribution < 1.29 is 19.5 Å². The fourth-order valence-corrected chi connectivity index (χ4v) is 2.60. The number of nitrogens with one attached hydrogen (secondary N) is 1. The lowest BCUT2D eigenvalue weighted by molar-refractivity contribution is -0.149. The van der Waals surface area contributed by atoms with Gasteiger partial charge in [0.2, 0.25) is 11.8 Å². The van der Waals surface area contributed by atoms with E-state index in [4.69, 9.17) is 0 Å². The van der Waals surface area contributed by atoms with Crippen molar-refractivity contribution in [3.8, 4) is 0 Å². The Kier molecular flexibility index (Phi) is 5.53. The van der Waals surface area contributed by atoms with Crippen molar-refractivity contribution in [2.75, 3.05) is 13.1 Å². The molecule has 1 unspecified atom stereocenters. The van der Waals surface area contributed by atoms with E-state index in [1.54, 1.807) is 18.7 Å². The Morgan fingerprint density at radius 2 is 1.90 bits per heavy atom. The van der Waals surface area contributed by atoms with Crippen LogP contribution < -0.4 is 5.32 Å². The Morgan fingerprint density at radius 3 is 2.35 bits per heavy atom. The molecule has 2 N–H and O–H groups in total. The van der Waals surface area contributed by atoms with E-state index in [1.165, 1.54) is 6.92 Å². The van der Waals surface area contributed by atoms with Crippen LogP contribution in [0.1, 0.15) is 46.5 Å². The average molecular weight is 284 g/mol. The largest absolute Gasteiger partial charge is 0.480 e. The first-order valence-electron chi connectivity index (χ1n) is 7.17. The van der Waals surface area contributed by atoms with Crippen molar-refractivity contribution in [3.63, 3.8) is 0 Å². The summed E-state index contributed by atoms with van der Waals surface area (Å²) in [7, 11) is 0. The lowest BCUT2D eigenvalue weighted by Crippen LogP contribution is -2.57. The standard InChI is InChI=1S/C14H24N2O4/c1-4-14(5-2,13(19)20)15-12(18)11-7-6-8-16(9-11)10(3)17/h11H,4-9H2,1-3H3,(H,15,18)(H,19,20). The number of carbonyl (C=O) groups is 3. The first-order chi connectivity index (χ1) is 9.36. The van der Waals surface area contributed by atoms with Gasteiger partial charge in [-0.3, -0.25) is 9.59 Å². The quantitative estimate of drug-likeness (QED) is 0.788. The highest BCUT2D eigenvalue weighted by atomic mass is 16.4. The number of hydrogen-bond donors (Lipinski definition) is 2. The monoisotopic (exact) mass is 284 g/mol. The minimum atomic E-state index is -1.20. The van der Waals surface area contributed by atoms with Crippen LogP contribution in [-0.4, -0.2) is 46.4 Å². The third-order valence-corrected chi connectivity index (χ3v) is 4.22. The van der Waals surface area contributed by atoms with Crippen molar-refractivity contribution in [3.05, 3.63) is 0 Å². The third kappa shape index (κ3) is 3.49. The summed E-state index contributed by atoms with van der Waals surface area (Å²) < 4.78 is 0.